The van der Waals surface area contributed by atoms with Gasteiger partial charge in [-0.25, -0.2) is 0 Å². The molecule has 18 aromatic carbocycles. The number of nitrogens with zero attached hydrogens (tertiary/aromatic N) is 4. The van der Waals surface area contributed by atoms with Crippen molar-refractivity contribution in [1.29, 1.82) is 0 Å². The molecule has 0 atom stereocenters. The number of aromatic nitrogens is 4. The lowest BCUT2D eigenvalue weighted by molar-refractivity contribution is 0.670. The summed E-state index contributed by atoms with van der Waals surface area (Å²) >= 11 is 5.67. The Hall–Kier alpha value is -14.4. The fraction of sp³-hybridized carbons (Fsp3) is 0. The van der Waals surface area contributed by atoms with Gasteiger partial charge in [-0.2, -0.15) is 0 Å². The molecule has 26 aromatic rings. The molecule has 0 aliphatic carbocycles. The first-order valence-electron chi connectivity index (χ1n) is 39.5. The molecule has 0 unspecified atom stereocenters. The molecule has 0 aliphatic rings. The van der Waals surface area contributed by atoms with Gasteiger partial charge in [-0.3, -0.25) is 0 Å². The van der Waals surface area contributed by atoms with Crippen molar-refractivity contribution in [2.45, 2.75) is 0 Å². The molecule has 0 bridgehead atoms. The molecule has 26 rings (SSSR count). The van der Waals surface area contributed by atoms with Gasteiger partial charge in [0.1, 0.15) is 11.2 Å². The minimum Gasteiger partial charge on any atom is -0.455 e. The van der Waals surface area contributed by atoms with Crippen molar-refractivity contribution in [3.63, 3.8) is 0 Å². The Labute approximate surface area is 676 Å². The lowest BCUT2D eigenvalue weighted by Crippen LogP contribution is -1.95. The molecule has 540 valence electrons. The summed E-state index contributed by atoms with van der Waals surface area (Å²) in [5.74, 6) is 0. The molecule has 8 heteroatoms. The van der Waals surface area contributed by atoms with Gasteiger partial charge < -0.3 is 22.7 Å². The van der Waals surface area contributed by atoms with Crippen LogP contribution in [0.1, 0.15) is 0 Å². The number of para-hydroxylation sites is 8. The van der Waals surface area contributed by atoms with Crippen LogP contribution in [-0.4, -0.2) is 18.3 Å². The molecule has 0 fully saturated rings. The Morgan fingerprint density at radius 2 is 0.517 bits per heavy atom. The van der Waals surface area contributed by atoms with E-state index in [4.69, 9.17) is 4.42 Å². The summed E-state index contributed by atoms with van der Waals surface area (Å²) in [6.07, 6.45) is 0. The maximum Gasteiger partial charge on any atom is 0.143 e. The van der Waals surface area contributed by atoms with Gasteiger partial charge in [-0.1, -0.05) is 255 Å². The van der Waals surface area contributed by atoms with Crippen LogP contribution in [0.2, 0.25) is 0 Å². The van der Waals surface area contributed by atoms with Crippen LogP contribution in [0.3, 0.4) is 0 Å². The van der Waals surface area contributed by atoms with E-state index in [-0.39, 0.29) is 0 Å². The summed E-state index contributed by atoms with van der Waals surface area (Å²) in [7, 11) is 0. The predicted molar refractivity (Wildman–Crippen MR) is 498 cm³/mol. The maximum atomic E-state index is 6.68. The first-order valence-corrected chi connectivity index (χ1v) is 42.0. The predicted octanol–water partition coefficient (Wildman–Crippen LogP) is 31.4. The van der Waals surface area contributed by atoms with E-state index in [1.165, 1.54) is 198 Å². The Bertz CT molecular complexity index is 8110. The number of furan rings is 1. The van der Waals surface area contributed by atoms with Crippen LogP contribution in [0.4, 0.5) is 0 Å². The highest BCUT2D eigenvalue weighted by molar-refractivity contribution is 7.27. The minimum atomic E-state index is 0.909. The van der Waals surface area contributed by atoms with E-state index in [0.717, 1.165) is 38.9 Å². The van der Waals surface area contributed by atoms with Gasteiger partial charge in [-0.05, 0) is 156 Å². The molecule has 8 aromatic heterocycles. The second-order valence-electron chi connectivity index (χ2n) is 30.4. The van der Waals surface area contributed by atoms with Crippen molar-refractivity contribution in [3.05, 3.63) is 388 Å². The van der Waals surface area contributed by atoms with Crippen molar-refractivity contribution in [1.82, 2.24) is 18.3 Å². The molecule has 5 nitrogen and oxygen atoms in total. The third kappa shape index (κ3) is 9.73. The SMILES string of the molecule is c1ccc(-n2c3ccccc3c3cc(-c4cccc5c4c4ccccc4n5-c4cc(-c5cccc6c5oc5ccccc56)c5sc6ccccc6c5c4)ccc32)cc1.c1ccc(-n2c3ccccc3c3cc(-c4cccc5c4c4ccccc4n5-c4cc(-c5cccc6c5sc5ccccc56)c5sc6ccccc6c5c4)ccc32)cc1. The van der Waals surface area contributed by atoms with Crippen LogP contribution in [0.15, 0.2) is 393 Å². The molecular weight excluding hydrogens is 1470 g/mol. The van der Waals surface area contributed by atoms with Crippen LogP contribution in [0.5, 0.6) is 0 Å². The zero-order chi connectivity index (χ0) is 75.8. The van der Waals surface area contributed by atoms with E-state index in [2.05, 4.69) is 400 Å². The van der Waals surface area contributed by atoms with Gasteiger partial charge in [0.25, 0.3) is 0 Å². The summed E-state index contributed by atoms with van der Waals surface area (Å²) in [4.78, 5) is 0. The van der Waals surface area contributed by atoms with Gasteiger partial charge in [0.15, 0.2) is 0 Å². The second-order valence-corrected chi connectivity index (χ2v) is 33.6. The van der Waals surface area contributed by atoms with E-state index >= 15 is 0 Å². The number of thiophene rings is 3. The summed E-state index contributed by atoms with van der Waals surface area (Å²) in [6.45, 7) is 0. The number of rotatable bonds is 8. The topological polar surface area (TPSA) is 32.9 Å². The van der Waals surface area contributed by atoms with Crippen molar-refractivity contribution in [3.8, 4) is 67.3 Å². The van der Waals surface area contributed by atoms with Gasteiger partial charge >= 0.3 is 0 Å². The van der Waals surface area contributed by atoms with Gasteiger partial charge in [0.2, 0.25) is 0 Å². The first kappa shape index (κ1) is 65.2. The van der Waals surface area contributed by atoms with Crippen LogP contribution in [0, 0.1) is 0 Å². The van der Waals surface area contributed by atoms with Crippen molar-refractivity contribution in [2.75, 3.05) is 0 Å². The number of benzene rings is 18. The maximum absolute atomic E-state index is 6.68. The minimum absolute atomic E-state index is 0.909. The normalized spacial score (nSPS) is 12.1. The Kier molecular flexibility index (Phi) is 14.4. The fourth-order valence-electron chi connectivity index (χ4n) is 19.3. The molecular formula is C108H64N4OS3. The highest BCUT2D eigenvalue weighted by atomic mass is 32.1. The van der Waals surface area contributed by atoms with E-state index in [1.54, 1.807) is 0 Å². The largest absolute Gasteiger partial charge is 0.455 e. The molecule has 0 amide bonds. The summed E-state index contributed by atoms with van der Waals surface area (Å²) in [5.41, 5.74) is 25.8. The fourth-order valence-corrected chi connectivity index (χ4v) is 22.9. The van der Waals surface area contributed by atoms with E-state index in [0.29, 0.717) is 0 Å². The Balaban J connectivity index is 0.000000130. The monoisotopic (exact) mass is 1530 g/mol. The van der Waals surface area contributed by atoms with Crippen LogP contribution in [-0.2, 0) is 0 Å². The third-order valence-electron chi connectivity index (χ3n) is 24.2. The Morgan fingerprint density at radius 3 is 1.02 bits per heavy atom. The molecule has 0 saturated carbocycles. The zero-order valence-corrected chi connectivity index (χ0v) is 64.8. The van der Waals surface area contributed by atoms with Crippen molar-refractivity contribution < 1.29 is 4.42 Å². The quantitative estimate of drug-likeness (QED) is 0.149. The molecule has 0 saturated heterocycles. The number of hydrogen-bond acceptors (Lipinski definition) is 4. The van der Waals surface area contributed by atoms with Gasteiger partial charge in [-0.15, -0.1) is 34.0 Å². The van der Waals surface area contributed by atoms with Crippen LogP contribution in [0.25, 0.3) is 237 Å². The lowest BCUT2D eigenvalue weighted by Gasteiger charge is -2.13. The highest BCUT2D eigenvalue weighted by Gasteiger charge is 2.26. The standard InChI is InChI=1S/C54H32N2OS.C54H32N2S2/c2*1-2-14-34(15-3-1)55-46-23-8-4-16-37(46)43-30-33(28-29-48(43)55)36-20-13-25-49-52(36)42-19-5-9-24-47(42)56(49)35-31-44-39-18-7-11-27-51(39)58-54(44)45(32-35)41-22-12-21-40-38-17-6-10-26-50(38)57-53(40)41/h2*1-32H. The molecule has 116 heavy (non-hydrogen) atoms. The van der Waals surface area contributed by atoms with Gasteiger partial charge in [0.05, 0.1) is 44.1 Å². The second kappa shape index (κ2) is 25.6. The smallest absolute Gasteiger partial charge is 0.143 e. The highest BCUT2D eigenvalue weighted by Crippen LogP contribution is 2.52. The van der Waals surface area contributed by atoms with Crippen LogP contribution >= 0.6 is 34.0 Å². The third-order valence-corrected chi connectivity index (χ3v) is 27.9. The molecule has 0 radical (unpaired) electrons. The summed E-state index contributed by atoms with van der Waals surface area (Å²) < 4.78 is 24.3. The molecule has 8 heterocycles. The zero-order valence-electron chi connectivity index (χ0n) is 62.4. The summed E-state index contributed by atoms with van der Waals surface area (Å²) in [5, 5.41) is 20.1. The summed E-state index contributed by atoms with van der Waals surface area (Å²) in [6, 6.07) is 142. The van der Waals surface area contributed by atoms with Crippen LogP contribution < -0.4 is 0 Å². The first-order chi connectivity index (χ1) is 57.6. The average Bonchev–Trinajstić information content (AvgIpc) is 1.52. The van der Waals surface area contributed by atoms with Gasteiger partial charge in [0, 0.05) is 159 Å². The van der Waals surface area contributed by atoms with Crippen molar-refractivity contribution in [2.24, 2.45) is 0 Å². The molecule has 0 spiro atoms. The van der Waals surface area contributed by atoms with E-state index < -0.39 is 0 Å². The number of fused-ring (bicyclic) bond motifs is 24. The average molecular weight is 1530 g/mol. The van der Waals surface area contributed by atoms with E-state index in [1.807, 2.05) is 40.1 Å². The number of hydrogen-bond donors (Lipinski definition) is 0. The molecule has 0 aliphatic heterocycles. The molecule has 0 N–H and O–H groups in total. The van der Waals surface area contributed by atoms with Crippen molar-refractivity contribution >= 4 is 204 Å². The lowest BCUT2D eigenvalue weighted by atomic mass is 9.97. The Morgan fingerprint density at radius 1 is 0.181 bits per heavy atom. The van der Waals surface area contributed by atoms with E-state index in [9.17, 15) is 0 Å².